The van der Waals surface area contributed by atoms with Gasteiger partial charge in [0.25, 0.3) is 0 Å². The van der Waals surface area contributed by atoms with E-state index in [1.807, 2.05) is 0 Å². The summed E-state index contributed by atoms with van der Waals surface area (Å²) in [6.45, 7) is 9.89. The van der Waals surface area contributed by atoms with Crippen molar-refractivity contribution in [3.63, 3.8) is 0 Å². The largest absolute Gasteiger partial charge is 0.449 e. The number of ether oxygens (including phenoxy) is 2. The van der Waals surface area contributed by atoms with Crippen molar-refractivity contribution in [1.82, 2.24) is 9.80 Å². The fourth-order valence-electron chi connectivity index (χ4n) is 15.9. The number of nitrogens with zero attached hydrogens (tertiary/aromatic N) is 2. The SMILES string of the molecule is CCCC1C23C=C4CCC2(C(=CCC(C2CCC5(CCCC5)C2)N2CC5CC(CN(C5)C5=CCC(C)CC45)C2)OC3=O)C12OC(=O)c1c(CCCN)cccc12. The first-order chi connectivity index (χ1) is 27.3. The summed E-state index contributed by atoms with van der Waals surface area (Å²) in [4.78, 5) is 35.4. The van der Waals surface area contributed by atoms with Gasteiger partial charge in [0.15, 0.2) is 5.60 Å². The van der Waals surface area contributed by atoms with E-state index in [0.717, 1.165) is 93.3 Å². The van der Waals surface area contributed by atoms with Crippen molar-refractivity contribution in [1.29, 1.82) is 0 Å². The predicted molar refractivity (Wildman–Crippen MR) is 217 cm³/mol. The Balaban J connectivity index is 1.11. The summed E-state index contributed by atoms with van der Waals surface area (Å²) in [5.74, 6) is 3.29. The van der Waals surface area contributed by atoms with E-state index in [1.165, 1.54) is 75.7 Å². The molecule has 1 aromatic carbocycles. The van der Waals surface area contributed by atoms with Crippen LogP contribution in [0.3, 0.4) is 0 Å². The Kier molecular flexibility index (Phi) is 8.44. The number of hydrogen-bond acceptors (Lipinski definition) is 7. The summed E-state index contributed by atoms with van der Waals surface area (Å²) < 4.78 is 13.9. The number of benzene rings is 1. The zero-order valence-electron chi connectivity index (χ0n) is 34.2. The monoisotopic (exact) mass is 759 g/mol. The Morgan fingerprint density at radius 1 is 0.964 bits per heavy atom. The van der Waals surface area contributed by atoms with Crippen LogP contribution in [0, 0.1) is 51.8 Å². The molecule has 7 nitrogen and oxygen atoms in total. The number of piperidine rings is 2. The van der Waals surface area contributed by atoms with E-state index < -0.39 is 16.4 Å². The van der Waals surface area contributed by atoms with Crippen molar-refractivity contribution < 1.29 is 19.1 Å². The Bertz CT molecular complexity index is 1890. The molecule has 8 aliphatic heterocycles. The lowest BCUT2D eigenvalue weighted by molar-refractivity contribution is -0.271. The molecule has 3 saturated heterocycles. The molecule has 5 aliphatic carbocycles. The number of carbonyl (C=O) groups is 2. The lowest BCUT2D eigenvalue weighted by Gasteiger charge is -2.69. The molecule has 14 rings (SSSR count). The predicted octanol–water partition coefficient (Wildman–Crippen LogP) is 8.82. The van der Waals surface area contributed by atoms with Crippen molar-refractivity contribution in [2.24, 2.45) is 57.5 Å². The van der Waals surface area contributed by atoms with Crippen LogP contribution in [0.4, 0.5) is 0 Å². The minimum Gasteiger partial charge on any atom is -0.449 e. The molecule has 8 heterocycles. The second-order valence-corrected chi connectivity index (χ2v) is 20.7. The first-order valence-electron chi connectivity index (χ1n) is 23.1. The Morgan fingerprint density at radius 2 is 1.79 bits per heavy atom. The van der Waals surface area contributed by atoms with Crippen LogP contribution >= 0.6 is 0 Å². The molecule has 7 heteroatoms. The third kappa shape index (κ3) is 4.76. The Labute approximate surface area is 334 Å². The number of hydrogen-bond donors (Lipinski definition) is 1. The molecule has 8 bridgehead atoms. The summed E-state index contributed by atoms with van der Waals surface area (Å²) in [6, 6.07) is 6.82. The van der Waals surface area contributed by atoms with Gasteiger partial charge in [0.2, 0.25) is 0 Å². The van der Waals surface area contributed by atoms with E-state index in [1.54, 1.807) is 0 Å². The molecule has 300 valence electrons. The van der Waals surface area contributed by atoms with Gasteiger partial charge in [-0.05, 0) is 137 Å². The van der Waals surface area contributed by atoms with Crippen molar-refractivity contribution in [2.75, 3.05) is 32.7 Å². The highest BCUT2D eigenvalue weighted by Gasteiger charge is 2.91. The van der Waals surface area contributed by atoms with Gasteiger partial charge in [0.1, 0.15) is 11.2 Å². The molecule has 3 saturated carbocycles. The molecule has 6 fully saturated rings. The third-order valence-corrected chi connectivity index (χ3v) is 17.9. The van der Waals surface area contributed by atoms with E-state index >= 15 is 4.79 Å². The van der Waals surface area contributed by atoms with Gasteiger partial charge in [-0.15, -0.1) is 0 Å². The molecule has 0 radical (unpaired) electrons. The fourth-order valence-corrected chi connectivity index (χ4v) is 15.9. The minimum absolute atomic E-state index is 0.0975. The van der Waals surface area contributed by atoms with Gasteiger partial charge >= 0.3 is 11.9 Å². The van der Waals surface area contributed by atoms with E-state index in [9.17, 15) is 4.79 Å². The van der Waals surface area contributed by atoms with Crippen LogP contribution in [0.1, 0.15) is 138 Å². The first-order valence-corrected chi connectivity index (χ1v) is 23.1. The molecule has 2 N–H and O–H groups in total. The van der Waals surface area contributed by atoms with Gasteiger partial charge < -0.3 is 20.1 Å². The molecular formula is C49H65N3O4. The quantitative estimate of drug-likeness (QED) is 0.229. The van der Waals surface area contributed by atoms with Gasteiger partial charge in [-0.2, -0.15) is 0 Å². The number of fused-ring (bicyclic) bond motifs is 2. The second kappa shape index (κ2) is 13.1. The molecule has 1 aromatic rings. The number of rotatable bonds is 6. The number of aryl methyl sites for hydroxylation is 1. The van der Waals surface area contributed by atoms with Crippen molar-refractivity contribution in [3.05, 3.63) is 70.1 Å². The molecule has 0 aromatic heterocycles. The van der Waals surface area contributed by atoms with Gasteiger partial charge in [-0.3, -0.25) is 9.69 Å². The summed E-state index contributed by atoms with van der Waals surface area (Å²) in [7, 11) is 0. The van der Waals surface area contributed by atoms with Crippen LogP contribution in [0.15, 0.2) is 53.5 Å². The van der Waals surface area contributed by atoms with Crippen LogP contribution in [-0.2, 0) is 26.3 Å². The summed E-state index contributed by atoms with van der Waals surface area (Å²) in [5.41, 5.74) is 9.75. The zero-order valence-corrected chi connectivity index (χ0v) is 34.2. The molecular weight excluding hydrogens is 695 g/mol. The van der Waals surface area contributed by atoms with Crippen LogP contribution in [-0.4, -0.2) is 60.5 Å². The van der Waals surface area contributed by atoms with Gasteiger partial charge in [-0.25, -0.2) is 4.79 Å². The highest BCUT2D eigenvalue weighted by Crippen LogP contribution is 2.84. The van der Waals surface area contributed by atoms with Gasteiger partial charge in [-0.1, -0.05) is 69.0 Å². The van der Waals surface area contributed by atoms with Crippen molar-refractivity contribution >= 4 is 11.9 Å². The number of nitrogens with two attached hydrogens (primary N) is 1. The number of allylic oxidation sites excluding steroid dienone is 2. The highest BCUT2D eigenvalue weighted by atomic mass is 16.6. The van der Waals surface area contributed by atoms with E-state index in [2.05, 4.69) is 60.1 Å². The molecule has 10 unspecified atom stereocenters. The van der Waals surface area contributed by atoms with Crippen LogP contribution < -0.4 is 5.73 Å². The molecule has 10 atom stereocenters. The lowest BCUT2D eigenvalue weighted by Crippen LogP contribution is -2.75. The number of esters is 2. The lowest BCUT2D eigenvalue weighted by atomic mass is 9.31. The summed E-state index contributed by atoms with van der Waals surface area (Å²) in [5, 5.41) is 0. The zero-order chi connectivity index (χ0) is 38.0. The van der Waals surface area contributed by atoms with Gasteiger partial charge in [0, 0.05) is 55.3 Å². The van der Waals surface area contributed by atoms with Crippen LogP contribution in [0.5, 0.6) is 0 Å². The average molecular weight is 760 g/mol. The normalized spacial score (nSPS) is 42.7. The smallest absolute Gasteiger partial charge is 0.339 e. The summed E-state index contributed by atoms with van der Waals surface area (Å²) >= 11 is 0. The Hall–Kier alpha value is -2.90. The second-order valence-electron chi connectivity index (χ2n) is 20.7. The maximum absolute atomic E-state index is 15.2. The molecule has 0 amide bonds. The molecule has 13 aliphatic rings. The van der Waals surface area contributed by atoms with Crippen molar-refractivity contribution in [2.45, 2.75) is 135 Å². The highest BCUT2D eigenvalue weighted by molar-refractivity contribution is 5.99. The van der Waals surface area contributed by atoms with Crippen LogP contribution in [0.2, 0.25) is 0 Å². The topological polar surface area (TPSA) is 85.1 Å². The Morgan fingerprint density at radius 3 is 2.57 bits per heavy atom. The van der Waals surface area contributed by atoms with E-state index in [-0.39, 0.29) is 17.9 Å². The average Bonchev–Trinajstić information content (AvgIpc) is 3.96. The maximum Gasteiger partial charge on any atom is 0.339 e. The van der Waals surface area contributed by atoms with Gasteiger partial charge in [0.05, 0.1) is 11.0 Å². The first kappa shape index (κ1) is 36.2. The molecule has 3 spiro atoms. The third-order valence-electron chi connectivity index (χ3n) is 17.9. The fraction of sp³-hybridized carbons (Fsp3) is 0.714. The molecule has 56 heavy (non-hydrogen) atoms. The van der Waals surface area contributed by atoms with E-state index in [0.29, 0.717) is 47.6 Å². The minimum atomic E-state index is -0.932. The van der Waals surface area contributed by atoms with Crippen LogP contribution in [0.25, 0.3) is 0 Å². The summed E-state index contributed by atoms with van der Waals surface area (Å²) in [6.07, 6.45) is 26.6. The number of carbonyl (C=O) groups excluding carboxylic acids is 2. The van der Waals surface area contributed by atoms with Crippen molar-refractivity contribution in [3.8, 4) is 0 Å². The maximum atomic E-state index is 15.2. The standard InChI is InChI=1S/C49H65N3O4/c1-3-8-41-47-26-35-17-21-48(47,49(41)38-11-6-9-34(10-7-22-50)43(38)44(53)56-49)42(55-45(47)54)15-14-39(36-16-20-46(25-36)18-4-5-19-46)51-27-32-24-33(28-51)30-52(29-32)40-13-12-31(2)23-37(35)40/h6,9,11,13,15,26,31-33,36-37,39,41H,3-5,7-8,10,12,14,16-25,27-30,50H2,1-2H3. The van der Waals surface area contributed by atoms with E-state index in [4.69, 9.17) is 15.2 Å².